The summed E-state index contributed by atoms with van der Waals surface area (Å²) in [4.78, 5) is 15.5. The predicted molar refractivity (Wildman–Crippen MR) is 68.2 cm³/mol. The van der Waals surface area contributed by atoms with Gasteiger partial charge in [-0.3, -0.25) is 4.79 Å². The lowest BCUT2D eigenvalue weighted by atomic mass is 9.86. The molecule has 0 aromatic carbocycles. The minimum atomic E-state index is -0.0480. The Hall–Kier alpha value is -0.650. The van der Waals surface area contributed by atoms with Gasteiger partial charge in [0.05, 0.1) is 25.2 Å². The Morgan fingerprint density at radius 2 is 2.28 bits per heavy atom. The van der Waals surface area contributed by atoms with Gasteiger partial charge in [-0.1, -0.05) is 0 Å². The van der Waals surface area contributed by atoms with Gasteiger partial charge in [0, 0.05) is 33.1 Å². The highest BCUT2D eigenvalue weighted by molar-refractivity contribution is 5.73. The van der Waals surface area contributed by atoms with Crippen LogP contribution >= 0.6 is 0 Å². The zero-order valence-corrected chi connectivity index (χ0v) is 11.4. The first kappa shape index (κ1) is 13.8. The normalized spacial score (nSPS) is 26.4. The van der Waals surface area contributed by atoms with Gasteiger partial charge in [0.25, 0.3) is 0 Å². The van der Waals surface area contributed by atoms with Crippen LogP contribution < -0.4 is 0 Å². The van der Waals surface area contributed by atoms with E-state index < -0.39 is 0 Å². The van der Waals surface area contributed by atoms with Crippen molar-refractivity contribution < 1.29 is 14.6 Å². The Morgan fingerprint density at radius 3 is 2.72 bits per heavy atom. The Kier molecular flexibility index (Phi) is 4.25. The van der Waals surface area contributed by atoms with Crippen LogP contribution in [0.2, 0.25) is 0 Å². The van der Waals surface area contributed by atoms with E-state index in [0.29, 0.717) is 19.1 Å². The summed E-state index contributed by atoms with van der Waals surface area (Å²) in [6.07, 6.45) is 1.09. The SMILES string of the molecule is CC(=O)N1CCC(CN(C)CC2(CO)COC2)C1. The lowest BCUT2D eigenvalue weighted by Gasteiger charge is -2.42. The fourth-order valence-corrected chi connectivity index (χ4v) is 2.97. The van der Waals surface area contributed by atoms with Crippen LogP contribution in [0.25, 0.3) is 0 Å². The summed E-state index contributed by atoms with van der Waals surface area (Å²) in [5.74, 6) is 0.745. The highest BCUT2D eigenvalue weighted by atomic mass is 16.5. The van der Waals surface area contributed by atoms with E-state index in [1.165, 1.54) is 0 Å². The van der Waals surface area contributed by atoms with Crippen molar-refractivity contribution in [2.24, 2.45) is 11.3 Å². The summed E-state index contributed by atoms with van der Waals surface area (Å²) < 4.78 is 5.21. The minimum absolute atomic E-state index is 0.0480. The number of carbonyl (C=O) groups is 1. The van der Waals surface area contributed by atoms with Gasteiger partial charge in [-0.15, -0.1) is 0 Å². The highest BCUT2D eigenvalue weighted by Crippen LogP contribution is 2.28. The molecular formula is C13H24N2O3. The Labute approximate surface area is 109 Å². The molecule has 0 spiro atoms. The van der Waals surface area contributed by atoms with Gasteiger partial charge >= 0.3 is 0 Å². The standard InChI is InChI=1S/C13H24N2O3/c1-11(17)15-4-3-12(6-15)5-14(2)7-13(8-16)9-18-10-13/h12,16H,3-10H2,1-2H3. The van der Waals surface area contributed by atoms with E-state index in [9.17, 15) is 9.90 Å². The van der Waals surface area contributed by atoms with Crippen LogP contribution in [0.5, 0.6) is 0 Å². The molecular weight excluding hydrogens is 232 g/mol. The molecule has 2 heterocycles. The third kappa shape index (κ3) is 3.02. The van der Waals surface area contributed by atoms with Gasteiger partial charge in [0.15, 0.2) is 0 Å². The number of aliphatic hydroxyl groups is 1. The van der Waals surface area contributed by atoms with Crippen molar-refractivity contribution >= 4 is 5.91 Å². The molecule has 104 valence electrons. The van der Waals surface area contributed by atoms with Gasteiger partial charge in [-0.25, -0.2) is 0 Å². The molecule has 2 aliphatic heterocycles. The molecule has 1 unspecified atom stereocenters. The van der Waals surface area contributed by atoms with E-state index in [0.717, 1.165) is 32.6 Å². The molecule has 2 fully saturated rings. The van der Waals surface area contributed by atoms with Crippen LogP contribution in [0.15, 0.2) is 0 Å². The van der Waals surface area contributed by atoms with E-state index in [2.05, 4.69) is 11.9 Å². The molecule has 1 N–H and O–H groups in total. The maximum absolute atomic E-state index is 11.3. The number of rotatable bonds is 5. The first-order valence-corrected chi connectivity index (χ1v) is 6.67. The van der Waals surface area contributed by atoms with Gasteiger partial charge in [0.2, 0.25) is 5.91 Å². The van der Waals surface area contributed by atoms with E-state index in [-0.39, 0.29) is 17.9 Å². The summed E-state index contributed by atoms with van der Waals surface area (Å²) >= 11 is 0. The fourth-order valence-electron chi connectivity index (χ4n) is 2.97. The second-order valence-electron chi connectivity index (χ2n) is 5.97. The van der Waals surface area contributed by atoms with Gasteiger partial charge in [-0.2, -0.15) is 0 Å². The predicted octanol–water partition coefficient (Wildman–Crippen LogP) is -0.204. The summed E-state index contributed by atoms with van der Waals surface area (Å²) in [7, 11) is 2.09. The summed E-state index contributed by atoms with van der Waals surface area (Å²) in [5.41, 5.74) is -0.0480. The average Bonchev–Trinajstić information content (AvgIpc) is 2.72. The van der Waals surface area contributed by atoms with Crippen molar-refractivity contribution in [3.63, 3.8) is 0 Å². The van der Waals surface area contributed by atoms with Crippen molar-refractivity contribution in [1.29, 1.82) is 0 Å². The first-order chi connectivity index (χ1) is 8.54. The molecule has 2 aliphatic rings. The van der Waals surface area contributed by atoms with E-state index in [1.54, 1.807) is 6.92 Å². The lowest BCUT2D eigenvalue weighted by molar-refractivity contribution is -0.147. The van der Waals surface area contributed by atoms with Crippen LogP contribution in [0.4, 0.5) is 0 Å². The molecule has 5 nitrogen and oxygen atoms in total. The second-order valence-corrected chi connectivity index (χ2v) is 5.97. The van der Waals surface area contributed by atoms with Crippen LogP contribution in [0, 0.1) is 11.3 Å². The van der Waals surface area contributed by atoms with Crippen molar-refractivity contribution in [1.82, 2.24) is 9.80 Å². The van der Waals surface area contributed by atoms with Gasteiger partial charge < -0.3 is 19.6 Å². The molecule has 1 atom stereocenters. The second kappa shape index (κ2) is 5.55. The summed E-state index contributed by atoms with van der Waals surface area (Å²) in [6, 6.07) is 0. The molecule has 0 bridgehead atoms. The maximum atomic E-state index is 11.3. The average molecular weight is 256 g/mol. The molecule has 1 amide bonds. The topological polar surface area (TPSA) is 53.0 Å². The number of ether oxygens (including phenoxy) is 1. The molecule has 0 saturated carbocycles. The van der Waals surface area contributed by atoms with Crippen molar-refractivity contribution in [3.05, 3.63) is 0 Å². The monoisotopic (exact) mass is 256 g/mol. The molecule has 2 rings (SSSR count). The van der Waals surface area contributed by atoms with Crippen LogP contribution in [-0.2, 0) is 9.53 Å². The zero-order valence-electron chi connectivity index (χ0n) is 11.4. The smallest absolute Gasteiger partial charge is 0.219 e. The molecule has 5 heteroatoms. The number of hydrogen-bond acceptors (Lipinski definition) is 4. The summed E-state index contributed by atoms with van der Waals surface area (Å²) in [6.45, 7) is 6.80. The van der Waals surface area contributed by atoms with Crippen molar-refractivity contribution in [3.8, 4) is 0 Å². The third-order valence-corrected chi connectivity index (χ3v) is 4.06. The molecule has 18 heavy (non-hydrogen) atoms. The quantitative estimate of drug-likeness (QED) is 0.740. The van der Waals surface area contributed by atoms with Crippen molar-refractivity contribution in [2.45, 2.75) is 13.3 Å². The summed E-state index contributed by atoms with van der Waals surface area (Å²) in [5, 5.41) is 9.40. The fraction of sp³-hybridized carbons (Fsp3) is 0.923. The number of likely N-dealkylation sites (tertiary alicyclic amines) is 1. The Balaban J connectivity index is 1.75. The first-order valence-electron chi connectivity index (χ1n) is 6.67. The molecule has 0 aromatic heterocycles. The number of carbonyl (C=O) groups excluding carboxylic acids is 1. The molecule has 2 saturated heterocycles. The number of aliphatic hydroxyl groups excluding tert-OH is 1. The molecule has 0 aliphatic carbocycles. The Morgan fingerprint density at radius 1 is 1.56 bits per heavy atom. The largest absolute Gasteiger partial charge is 0.396 e. The number of nitrogens with zero attached hydrogens (tertiary/aromatic N) is 2. The van der Waals surface area contributed by atoms with Crippen molar-refractivity contribution in [2.75, 3.05) is 53.0 Å². The lowest BCUT2D eigenvalue weighted by Crippen LogP contribution is -2.53. The molecule has 0 radical (unpaired) electrons. The maximum Gasteiger partial charge on any atom is 0.219 e. The number of hydrogen-bond donors (Lipinski definition) is 1. The van der Waals surface area contributed by atoms with E-state index in [4.69, 9.17) is 4.74 Å². The van der Waals surface area contributed by atoms with Crippen LogP contribution in [-0.4, -0.2) is 73.9 Å². The number of amides is 1. The van der Waals surface area contributed by atoms with Gasteiger partial charge in [-0.05, 0) is 19.4 Å². The molecule has 0 aromatic rings. The zero-order chi connectivity index (χ0) is 13.2. The van der Waals surface area contributed by atoms with Crippen LogP contribution in [0.3, 0.4) is 0 Å². The minimum Gasteiger partial charge on any atom is -0.396 e. The van der Waals surface area contributed by atoms with E-state index >= 15 is 0 Å². The third-order valence-electron chi connectivity index (χ3n) is 4.06. The highest BCUT2D eigenvalue weighted by Gasteiger charge is 2.39. The Bertz CT molecular complexity index is 299. The van der Waals surface area contributed by atoms with Crippen LogP contribution in [0.1, 0.15) is 13.3 Å². The van der Waals surface area contributed by atoms with Gasteiger partial charge in [0.1, 0.15) is 0 Å². The van der Waals surface area contributed by atoms with E-state index in [1.807, 2.05) is 4.90 Å².